The Bertz CT molecular complexity index is 1680. The summed E-state index contributed by atoms with van der Waals surface area (Å²) >= 11 is 3.37. The number of pyridine rings is 2. The lowest BCUT2D eigenvalue weighted by Crippen LogP contribution is -2.48. The highest BCUT2D eigenvalue weighted by Crippen LogP contribution is 2.39. The molecule has 9 nitrogen and oxygen atoms in total. The van der Waals surface area contributed by atoms with Crippen LogP contribution in [0.5, 0.6) is 5.75 Å². The van der Waals surface area contributed by atoms with Crippen molar-refractivity contribution >= 4 is 38.3 Å². The highest BCUT2D eigenvalue weighted by Gasteiger charge is 2.35. The minimum Gasteiger partial charge on any atom is -0.489 e. The summed E-state index contributed by atoms with van der Waals surface area (Å²) in [5, 5.41) is 12.2. The first-order valence-corrected chi connectivity index (χ1v) is 13.9. The van der Waals surface area contributed by atoms with Crippen molar-refractivity contribution in [2.75, 3.05) is 37.7 Å². The molecule has 1 fully saturated rings. The average Bonchev–Trinajstić information content (AvgIpc) is 2.96. The zero-order valence-electron chi connectivity index (χ0n) is 22.7. The van der Waals surface area contributed by atoms with Gasteiger partial charge in [0.2, 0.25) is 0 Å². The van der Waals surface area contributed by atoms with Crippen molar-refractivity contribution in [1.29, 1.82) is 0 Å². The second-order valence-electron chi connectivity index (χ2n) is 9.88. The van der Waals surface area contributed by atoms with Crippen molar-refractivity contribution in [3.63, 3.8) is 0 Å². The molecule has 1 saturated heterocycles. The highest BCUT2D eigenvalue weighted by atomic mass is 79.9. The molecule has 11 heteroatoms. The van der Waals surface area contributed by atoms with Gasteiger partial charge in [0.25, 0.3) is 0 Å². The third-order valence-electron chi connectivity index (χ3n) is 7.44. The number of hydrogen-bond donors (Lipinski definition) is 0. The zero-order chi connectivity index (χ0) is 29.3. The van der Waals surface area contributed by atoms with Gasteiger partial charge in [-0.05, 0) is 64.3 Å². The minimum absolute atomic E-state index is 0.221. The van der Waals surface area contributed by atoms with Crippen molar-refractivity contribution in [3.05, 3.63) is 115 Å². The van der Waals surface area contributed by atoms with E-state index in [1.165, 1.54) is 23.7 Å². The predicted molar refractivity (Wildman–Crippen MR) is 160 cm³/mol. The van der Waals surface area contributed by atoms with Crippen molar-refractivity contribution in [2.45, 2.75) is 13.0 Å². The molecule has 212 valence electrons. The molecule has 1 aliphatic rings. The summed E-state index contributed by atoms with van der Waals surface area (Å²) in [6, 6.07) is 15.5. The Morgan fingerprint density at radius 3 is 2.51 bits per heavy atom. The molecule has 2 aromatic carbocycles. The number of hydrogen-bond acceptors (Lipinski definition) is 7. The van der Waals surface area contributed by atoms with Gasteiger partial charge < -0.3 is 14.2 Å². The molecule has 3 heterocycles. The topological polar surface area (TPSA) is 93.7 Å². The Kier molecular flexibility index (Phi) is 8.18. The molecule has 0 radical (unpaired) electrons. The van der Waals surface area contributed by atoms with E-state index in [0.29, 0.717) is 54.2 Å². The lowest BCUT2D eigenvalue weighted by molar-refractivity contribution is -0.385. The first-order chi connectivity index (χ1) is 19.7. The van der Waals surface area contributed by atoms with Crippen molar-refractivity contribution < 1.29 is 14.1 Å². The molecular formula is C30H29BrFN5O4. The average molecular weight is 622 g/mol. The third-order valence-corrected chi connectivity index (χ3v) is 7.88. The number of anilines is 1. The summed E-state index contributed by atoms with van der Waals surface area (Å²) in [6.45, 7) is 7.95. The van der Waals surface area contributed by atoms with E-state index >= 15 is 0 Å². The third kappa shape index (κ3) is 5.47. The maximum absolute atomic E-state index is 13.9. The normalized spacial score (nSPS) is 14.7. The van der Waals surface area contributed by atoms with E-state index in [2.05, 4.69) is 32.4 Å². The van der Waals surface area contributed by atoms with Gasteiger partial charge >= 0.3 is 11.2 Å². The SMILES string of the molecule is C=CCOc1cccc(C)c1C(c1ccc(F)cc1)N1CCN(c2c([N+](=O)[O-])c(=O)n(C)c3ccc(Br)nc23)CC1. The van der Waals surface area contributed by atoms with E-state index in [1.54, 1.807) is 30.3 Å². The number of ether oxygens (including phenoxy) is 1. The second kappa shape index (κ2) is 11.8. The van der Waals surface area contributed by atoms with Gasteiger partial charge in [0, 0.05) is 38.8 Å². The molecule has 0 amide bonds. The lowest BCUT2D eigenvalue weighted by atomic mass is 9.92. The molecule has 0 spiro atoms. The lowest BCUT2D eigenvalue weighted by Gasteiger charge is -2.41. The Hall–Kier alpha value is -4.09. The zero-order valence-corrected chi connectivity index (χ0v) is 24.3. The van der Waals surface area contributed by atoms with E-state index in [1.807, 2.05) is 30.0 Å². The molecule has 0 N–H and O–H groups in total. The molecule has 1 aliphatic heterocycles. The number of aromatic nitrogens is 2. The van der Waals surface area contributed by atoms with E-state index in [-0.39, 0.29) is 17.5 Å². The van der Waals surface area contributed by atoms with Crippen LogP contribution in [0.2, 0.25) is 0 Å². The second-order valence-corrected chi connectivity index (χ2v) is 10.7. The van der Waals surface area contributed by atoms with Gasteiger partial charge in [0.05, 0.1) is 16.5 Å². The van der Waals surface area contributed by atoms with Crippen LogP contribution in [0.1, 0.15) is 22.7 Å². The summed E-state index contributed by atoms with van der Waals surface area (Å²) in [4.78, 5) is 33.3. The quantitative estimate of drug-likeness (QED) is 0.111. The van der Waals surface area contributed by atoms with Crippen molar-refractivity contribution in [2.24, 2.45) is 7.05 Å². The highest BCUT2D eigenvalue weighted by molar-refractivity contribution is 9.10. The van der Waals surface area contributed by atoms with Crippen LogP contribution in [0.4, 0.5) is 15.8 Å². The molecule has 0 saturated carbocycles. The summed E-state index contributed by atoms with van der Waals surface area (Å²) in [7, 11) is 1.51. The van der Waals surface area contributed by atoms with Crippen LogP contribution in [0.25, 0.3) is 11.0 Å². The van der Waals surface area contributed by atoms with Crippen LogP contribution < -0.4 is 15.2 Å². The number of halogens is 2. The van der Waals surface area contributed by atoms with E-state index < -0.39 is 16.2 Å². The predicted octanol–water partition coefficient (Wildman–Crippen LogP) is 5.53. The smallest absolute Gasteiger partial charge is 0.359 e. The summed E-state index contributed by atoms with van der Waals surface area (Å²) in [6.07, 6.45) is 1.69. The van der Waals surface area contributed by atoms with Crippen molar-refractivity contribution in [3.8, 4) is 5.75 Å². The first-order valence-electron chi connectivity index (χ1n) is 13.1. The summed E-state index contributed by atoms with van der Waals surface area (Å²) < 4.78 is 21.8. The fourth-order valence-corrected chi connectivity index (χ4v) is 5.82. The number of nitro groups is 1. The van der Waals surface area contributed by atoms with Crippen molar-refractivity contribution in [1.82, 2.24) is 14.5 Å². The van der Waals surface area contributed by atoms with Crippen LogP contribution in [-0.2, 0) is 7.05 Å². The maximum atomic E-state index is 13.9. The van der Waals surface area contributed by atoms with Crippen LogP contribution in [0.15, 0.2) is 76.6 Å². The maximum Gasteiger partial charge on any atom is 0.359 e. The van der Waals surface area contributed by atoms with Gasteiger partial charge in [-0.1, -0.05) is 36.9 Å². The molecule has 41 heavy (non-hydrogen) atoms. The largest absolute Gasteiger partial charge is 0.489 e. The van der Waals surface area contributed by atoms with Crippen LogP contribution in [-0.4, -0.2) is 52.2 Å². The number of fused-ring (bicyclic) bond motifs is 1. The number of piperazine rings is 1. The molecule has 4 aromatic rings. The molecule has 1 atom stereocenters. The number of rotatable bonds is 8. The molecule has 1 unspecified atom stereocenters. The number of aryl methyl sites for hydroxylation is 2. The Balaban J connectivity index is 1.56. The Morgan fingerprint density at radius 2 is 1.85 bits per heavy atom. The van der Waals surface area contributed by atoms with Gasteiger partial charge in [-0.2, -0.15) is 0 Å². The first kappa shape index (κ1) is 28.4. The number of benzene rings is 2. The summed E-state index contributed by atoms with van der Waals surface area (Å²) in [5.74, 6) is 0.387. The molecular weight excluding hydrogens is 593 g/mol. The van der Waals surface area contributed by atoms with Gasteiger partial charge in [0.1, 0.15) is 28.3 Å². The van der Waals surface area contributed by atoms with Crippen LogP contribution >= 0.6 is 15.9 Å². The van der Waals surface area contributed by atoms with E-state index in [4.69, 9.17) is 4.74 Å². The van der Waals surface area contributed by atoms with E-state index in [9.17, 15) is 19.3 Å². The molecule has 0 bridgehead atoms. The Morgan fingerprint density at radius 1 is 1.15 bits per heavy atom. The molecule has 2 aromatic heterocycles. The van der Waals surface area contributed by atoms with E-state index in [0.717, 1.165) is 16.7 Å². The molecule has 0 aliphatic carbocycles. The fourth-order valence-electron chi connectivity index (χ4n) is 5.51. The minimum atomic E-state index is -0.683. The van der Waals surface area contributed by atoms with Gasteiger partial charge in [-0.25, -0.2) is 9.37 Å². The summed E-state index contributed by atoms with van der Waals surface area (Å²) in [5.41, 5.74) is 2.82. The van der Waals surface area contributed by atoms with Crippen LogP contribution in [0, 0.1) is 22.9 Å². The Labute approximate surface area is 244 Å². The van der Waals surface area contributed by atoms with Crippen LogP contribution in [0.3, 0.4) is 0 Å². The van der Waals surface area contributed by atoms with Gasteiger partial charge in [0.15, 0.2) is 5.69 Å². The molecule has 5 rings (SSSR count). The van der Waals surface area contributed by atoms with Gasteiger partial charge in [-0.3, -0.25) is 19.8 Å². The fraction of sp³-hybridized carbons (Fsp3) is 0.267. The standard InChI is InChI=1S/C30H29BrFN5O4/c1-4-18-41-23-7-5-6-19(2)25(23)27(20-8-10-21(32)11-9-20)35-14-16-36(17-15-35)28-26-22(12-13-24(31)33-26)34(3)30(38)29(28)37(39)40/h4-13,27H,1,14-18H2,2-3H3. The number of nitrogens with zero attached hydrogens (tertiary/aromatic N) is 5. The monoisotopic (exact) mass is 621 g/mol. The van der Waals surface area contributed by atoms with Gasteiger partial charge in [-0.15, -0.1) is 0 Å².